The Kier molecular flexibility index (Phi) is 2.45. The summed E-state index contributed by atoms with van der Waals surface area (Å²) in [6.45, 7) is 5.21. The molecule has 0 saturated heterocycles. The van der Waals surface area contributed by atoms with Crippen molar-refractivity contribution in [2.75, 3.05) is 0 Å². The fourth-order valence-corrected chi connectivity index (χ4v) is 3.40. The maximum Gasteiger partial charge on any atom is 0.116 e. The highest BCUT2D eigenvalue weighted by molar-refractivity contribution is 7.71. The van der Waals surface area contributed by atoms with Crippen LogP contribution < -0.4 is 0 Å². The highest BCUT2D eigenvalue weighted by Gasteiger charge is 2.11. The third-order valence-corrected chi connectivity index (χ3v) is 4.55. The van der Waals surface area contributed by atoms with Crippen molar-refractivity contribution in [2.24, 2.45) is 0 Å². The molecule has 3 nitrogen and oxygen atoms in total. The van der Waals surface area contributed by atoms with Gasteiger partial charge in [-0.2, -0.15) is 0 Å². The number of aryl methyl sites for hydroxylation is 2. The van der Waals surface area contributed by atoms with E-state index < -0.39 is 0 Å². The summed E-state index contributed by atoms with van der Waals surface area (Å²) >= 11 is 7.13. The molecule has 1 aliphatic carbocycles. The summed E-state index contributed by atoms with van der Waals surface area (Å²) in [6, 6.07) is 4.08. The van der Waals surface area contributed by atoms with E-state index in [-0.39, 0.29) is 0 Å². The maximum atomic E-state index is 5.42. The number of nitrogens with zero attached hydrogens (tertiary/aromatic N) is 3. The first-order valence-corrected chi connectivity index (χ1v) is 6.64. The van der Waals surface area contributed by atoms with Crippen LogP contribution in [0, 0.1) is 21.2 Å². The minimum Gasteiger partial charge on any atom is -0.302 e. The van der Waals surface area contributed by atoms with Gasteiger partial charge in [-0.25, -0.2) is 9.97 Å². The predicted molar refractivity (Wildman–Crippen MR) is 71.1 cm³/mol. The number of imidazole rings is 1. The Hall–Kier alpha value is -1.33. The van der Waals surface area contributed by atoms with E-state index in [2.05, 4.69) is 33.8 Å². The van der Waals surface area contributed by atoms with Gasteiger partial charge in [0.1, 0.15) is 12.0 Å². The monoisotopic (exact) mass is 261 g/mol. The minimum absolute atomic E-state index is 0.857. The quantitative estimate of drug-likeness (QED) is 0.630. The Bertz CT molecular complexity index is 772. The number of fused-ring (bicyclic) bond motifs is 2. The number of aromatic nitrogens is 3. The van der Waals surface area contributed by atoms with Crippen LogP contribution in [0.15, 0.2) is 18.5 Å². The van der Waals surface area contributed by atoms with E-state index in [9.17, 15) is 0 Å². The number of rotatable bonds is 1. The Balaban J connectivity index is 2.60. The van der Waals surface area contributed by atoms with Crippen LogP contribution in [0.4, 0.5) is 0 Å². The van der Waals surface area contributed by atoms with Gasteiger partial charge in [-0.15, -0.1) is 0 Å². The van der Waals surface area contributed by atoms with Gasteiger partial charge in [0.15, 0.2) is 0 Å². The zero-order chi connectivity index (χ0) is 12.0. The summed E-state index contributed by atoms with van der Waals surface area (Å²) in [6.07, 6.45) is 1.60. The third kappa shape index (κ3) is 1.57. The van der Waals surface area contributed by atoms with Crippen molar-refractivity contribution in [3.63, 3.8) is 0 Å². The summed E-state index contributed by atoms with van der Waals surface area (Å²) in [5.41, 5.74) is 3.08. The first-order valence-electron chi connectivity index (χ1n) is 5.46. The van der Waals surface area contributed by atoms with Crippen molar-refractivity contribution >= 4 is 23.8 Å². The van der Waals surface area contributed by atoms with Crippen molar-refractivity contribution < 1.29 is 0 Å². The number of hydrogen-bond acceptors (Lipinski definition) is 4. The molecule has 0 spiro atoms. The summed E-state index contributed by atoms with van der Waals surface area (Å²) in [7, 11) is 0. The van der Waals surface area contributed by atoms with E-state index in [1.54, 1.807) is 17.9 Å². The SMILES string of the molecule is CCn1sc2c3ncnc-3cc(=S)c=2cc1C. The van der Waals surface area contributed by atoms with Crippen LogP contribution in [-0.4, -0.2) is 13.9 Å². The van der Waals surface area contributed by atoms with Crippen molar-refractivity contribution in [2.45, 2.75) is 20.4 Å². The molecule has 0 amide bonds. The normalized spacial score (nSPS) is 11.4. The average Bonchev–Trinajstić information content (AvgIpc) is 2.77. The second-order valence-corrected chi connectivity index (χ2v) is 5.40. The Morgan fingerprint density at radius 2 is 2.18 bits per heavy atom. The zero-order valence-electron chi connectivity index (χ0n) is 9.60. The second-order valence-electron chi connectivity index (χ2n) is 3.93. The van der Waals surface area contributed by atoms with E-state index >= 15 is 0 Å². The molecular weight excluding hydrogens is 250 g/mol. The summed E-state index contributed by atoms with van der Waals surface area (Å²) in [5.74, 6) is 0. The molecule has 5 heteroatoms. The van der Waals surface area contributed by atoms with E-state index in [1.807, 2.05) is 6.07 Å². The smallest absolute Gasteiger partial charge is 0.116 e. The molecule has 3 rings (SSSR count). The van der Waals surface area contributed by atoms with E-state index in [0.29, 0.717) is 0 Å². The zero-order valence-corrected chi connectivity index (χ0v) is 11.2. The summed E-state index contributed by atoms with van der Waals surface area (Å²) in [4.78, 5) is 8.56. The van der Waals surface area contributed by atoms with Crippen LogP contribution in [0.3, 0.4) is 0 Å². The van der Waals surface area contributed by atoms with Gasteiger partial charge in [0.25, 0.3) is 0 Å². The van der Waals surface area contributed by atoms with Crippen molar-refractivity contribution in [1.29, 1.82) is 0 Å². The van der Waals surface area contributed by atoms with E-state index in [4.69, 9.17) is 12.2 Å². The fraction of sp³-hybridized carbons (Fsp3) is 0.250. The van der Waals surface area contributed by atoms with Gasteiger partial charge < -0.3 is 3.96 Å². The molecule has 17 heavy (non-hydrogen) atoms. The summed E-state index contributed by atoms with van der Waals surface area (Å²) < 4.78 is 4.23. The lowest BCUT2D eigenvalue weighted by Crippen LogP contribution is -1.98. The molecule has 2 heterocycles. The first kappa shape index (κ1) is 10.8. The molecule has 2 aliphatic heterocycles. The van der Waals surface area contributed by atoms with Gasteiger partial charge in [-0.05, 0) is 26.0 Å². The Morgan fingerprint density at radius 1 is 1.35 bits per heavy atom. The van der Waals surface area contributed by atoms with Crippen LogP contribution in [0.1, 0.15) is 12.6 Å². The highest BCUT2D eigenvalue weighted by Crippen LogP contribution is 2.24. The largest absolute Gasteiger partial charge is 0.302 e. The van der Waals surface area contributed by atoms with Crippen molar-refractivity contribution in [3.05, 3.63) is 38.4 Å². The van der Waals surface area contributed by atoms with Gasteiger partial charge in [0.2, 0.25) is 0 Å². The van der Waals surface area contributed by atoms with Crippen LogP contribution in [0.5, 0.6) is 0 Å². The lowest BCUT2D eigenvalue weighted by Gasteiger charge is -2.08. The van der Waals surface area contributed by atoms with E-state index in [0.717, 1.165) is 32.2 Å². The maximum absolute atomic E-state index is 5.42. The van der Waals surface area contributed by atoms with Crippen LogP contribution in [-0.2, 0) is 6.54 Å². The topological polar surface area (TPSA) is 30.7 Å². The Morgan fingerprint density at radius 3 is 2.94 bits per heavy atom. The molecule has 0 fully saturated rings. The molecule has 0 saturated carbocycles. The first-order chi connectivity index (χ1) is 8.20. The van der Waals surface area contributed by atoms with Crippen molar-refractivity contribution in [3.8, 4) is 11.4 Å². The summed E-state index contributed by atoms with van der Waals surface area (Å²) in [5, 5.41) is 1.11. The number of hydrogen-bond donors (Lipinski definition) is 0. The van der Waals surface area contributed by atoms with Gasteiger partial charge in [-0.3, -0.25) is 0 Å². The standard InChI is InChI=1S/C12H11N3S2/c1-3-15-7(2)4-8-10(16)5-9-11(12(8)17-15)14-6-13-9/h4-6H,3H2,1-2H3. The lowest BCUT2D eigenvalue weighted by atomic mass is 10.2. The highest BCUT2D eigenvalue weighted by atomic mass is 32.1. The molecule has 0 bridgehead atoms. The molecule has 0 N–H and O–H groups in total. The molecule has 0 aromatic heterocycles. The molecular formula is C12H11N3S2. The molecule has 0 unspecified atom stereocenters. The minimum atomic E-state index is 0.857. The van der Waals surface area contributed by atoms with E-state index in [1.165, 1.54) is 5.69 Å². The lowest BCUT2D eigenvalue weighted by molar-refractivity contribution is 0.800. The molecule has 86 valence electrons. The molecule has 0 atom stereocenters. The molecule has 0 aromatic rings. The Labute approximate surface area is 108 Å². The molecule has 0 aromatic carbocycles. The fourth-order valence-electron chi connectivity index (χ4n) is 2.00. The second kappa shape index (κ2) is 3.85. The van der Waals surface area contributed by atoms with Crippen LogP contribution in [0.2, 0.25) is 0 Å². The predicted octanol–water partition coefficient (Wildman–Crippen LogP) is 3.23. The van der Waals surface area contributed by atoms with Crippen molar-refractivity contribution in [1.82, 2.24) is 13.9 Å². The third-order valence-electron chi connectivity index (χ3n) is 2.85. The van der Waals surface area contributed by atoms with Gasteiger partial charge in [0, 0.05) is 22.0 Å². The molecule has 3 aliphatic rings. The van der Waals surface area contributed by atoms with Gasteiger partial charge >= 0.3 is 0 Å². The molecule has 0 radical (unpaired) electrons. The van der Waals surface area contributed by atoms with Gasteiger partial charge in [0.05, 0.1) is 10.2 Å². The van der Waals surface area contributed by atoms with Crippen LogP contribution >= 0.6 is 23.8 Å². The average molecular weight is 261 g/mol. The van der Waals surface area contributed by atoms with Crippen LogP contribution in [0.25, 0.3) is 11.4 Å². The van der Waals surface area contributed by atoms with Gasteiger partial charge in [-0.1, -0.05) is 23.8 Å².